The molecule has 2 aliphatic rings. The first kappa shape index (κ1) is 16.0. The van der Waals surface area contributed by atoms with Gasteiger partial charge < -0.3 is 10.1 Å². The molecule has 5 nitrogen and oxygen atoms in total. The first-order valence-corrected chi connectivity index (χ1v) is 9.52. The number of benzene rings is 1. The third-order valence-corrected chi connectivity index (χ3v) is 5.87. The molecule has 24 heavy (non-hydrogen) atoms. The Bertz CT molecular complexity index is 675. The molecule has 4 rings (SSSR count). The highest BCUT2D eigenvalue weighted by atomic mass is 32.1. The van der Waals surface area contributed by atoms with Crippen LogP contribution in [0.2, 0.25) is 0 Å². The summed E-state index contributed by atoms with van der Waals surface area (Å²) in [6, 6.07) is 11.2. The fourth-order valence-electron chi connectivity index (χ4n) is 3.56. The summed E-state index contributed by atoms with van der Waals surface area (Å²) < 4.78 is 6.02. The number of hydrogen-bond donors (Lipinski definition) is 1. The predicted octanol–water partition coefficient (Wildman–Crippen LogP) is 3.11. The first-order valence-electron chi connectivity index (χ1n) is 8.70. The molecule has 0 amide bonds. The zero-order chi connectivity index (χ0) is 16.5. The van der Waals surface area contributed by atoms with E-state index in [-0.39, 0.29) is 0 Å². The summed E-state index contributed by atoms with van der Waals surface area (Å²) in [5.74, 6) is 0.578. The monoisotopic (exact) mass is 344 g/mol. The number of nitrogens with one attached hydrogen (secondary N) is 1. The van der Waals surface area contributed by atoms with Crippen molar-refractivity contribution in [2.24, 2.45) is 5.92 Å². The lowest BCUT2D eigenvalue weighted by atomic mass is 10.0. The van der Waals surface area contributed by atoms with Gasteiger partial charge in [0.1, 0.15) is 5.01 Å². The predicted molar refractivity (Wildman–Crippen MR) is 97.3 cm³/mol. The van der Waals surface area contributed by atoms with Gasteiger partial charge >= 0.3 is 0 Å². The molecule has 128 valence electrons. The van der Waals surface area contributed by atoms with Gasteiger partial charge in [0, 0.05) is 30.7 Å². The van der Waals surface area contributed by atoms with Gasteiger partial charge in [0.15, 0.2) is 0 Å². The highest BCUT2D eigenvalue weighted by Gasteiger charge is 2.38. The molecule has 2 aromatic rings. The Morgan fingerprint density at radius 3 is 2.83 bits per heavy atom. The average Bonchev–Trinajstić information content (AvgIpc) is 3.21. The fourth-order valence-corrected chi connectivity index (χ4v) is 4.39. The molecule has 1 aromatic heterocycles. The Morgan fingerprint density at radius 2 is 2.04 bits per heavy atom. The number of aromatic nitrogens is 2. The summed E-state index contributed by atoms with van der Waals surface area (Å²) >= 11 is 1.63. The van der Waals surface area contributed by atoms with Crippen LogP contribution < -0.4 is 5.32 Å². The number of hydrogen-bond acceptors (Lipinski definition) is 6. The van der Waals surface area contributed by atoms with Crippen LogP contribution in [-0.4, -0.2) is 53.0 Å². The molecule has 1 N–H and O–H groups in total. The summed E-state index contributed by atoms with van der Waals surface area (Å²) in [6.07, 6.45) is 1.48. The van der Waals surface area contributed by atoms with Crippen LogP contribution in [0.25, 0.3) is 10.6 Å². The quantitative estimate of drug-likeness (QED) is 0.923. The Hall–Kier alpha value is -1.50. The number of fused-ring (bicyclic) bond motifs is 1. The van der Waals surface area contributed by atoms with E-state index >= 15 is 0 Å². The van der Waals surface area contributed by atoms with E-state index in [0.717, 1.165) is 41.8 Å². The minimum atomic E-state index is 0.367. The Kier molecular flexibility index (Phi) is 4.52. The van der Waals surface area contributed by atoms with Crippen molar-refractivity contribution in [3.8, 4) is 10.6 Å². The molecule has 0 saturated carbocycles. The molecule has 0 bridgehead atoms. The maximum atomic E-state index is 6.02. The third-order valence-electron chi connectivity index (χ3n) is 4.96. The number of nitrogens with zero attached hydrogens (tertiary/aromatic N) is 3. The lowest BCUT2D eigenvalue weighted by Crippen LogP contribution is -2.48. The largest absolute Gasteiger partial charge is 0.375 e. The molecule has 3 atom stereocenters. The molecule has 2 aliphatic heterocycles. The molecular weight excluding hydrogens is 320 g/mol. The molecule has 0 aliphatic carbocycles. The lowest BCUT2D eigenvalue weighted by Gasteiger charge is -2.36. The zero-order valence-corrected chi connectivity index (χ0v) is 15.0. The zero-order valence-electron chi connectivity index (χ0n) is 14.2. The lowest BCUT2D eigenvalue weighted by molar-refractivity contribution is -0.0683. The summed E-state index contributed by atoms with van der Waals surface area (Å²) in [5.41, 5.74) is 1.13. The molecule has 3 heterocycles. The van der Waals surface area contributed by atoms with Gasteiger partial charge in [0.05, 0.1) is 12.7 Å². The van der Waals surface area contributed by atoms with Crippen LogP contribution in [0.1, 0.15) is 20.3 Å². The number of morpholine rings is 1. The van der Waals surface area contributed by atoms with Crippen molar-refractivity contribution >= 4 is 16.5 Å². The van der Waals surface area contributed by atoms with Gasteiger partial charge in [0.25, 0.3) is 0 Å². The van der Waals surface area contributed by atoms with E-state index in [2.05, 4.69) is 46.4 Å². The molecule has 0 radical (unpaired) electrons. The van der Waals surface area contributed by atoms with E-state index < -0.39 is 0 Å². The van der Waals surface area contributed by atoms with Crippen LogP contribution in [0.15, 0.2) is 30.3 Å². The van der Waals surface area contributed by atoms with Crippen molar-refractivity contribution in [1.29, 1.82) is 0 Å². The Labute approximate surface area is 147 Å². The van der Waals surface area contributed by atoms with Crippen LogP contribution in [0, 0.1) is 5.92 Å². The second-order valence-electron chi connectivity index (χ2n) is 7.08. The Morgan fingerprint density at radius 1 is 1.21 bits per heavy atom. The van der Waals surface area contributed by atoms with Crippen molar-refractivity contribution in [2.45, 2.75) is 38.5 Å². The SMILES string of the molecule is CC(C)[C@@H]1CN2C[C@@H](Nc3nnc(-c4ccccc4)s3)C[C@H]2CO1. The van der Waals surface area contributed by atoms with Crippen molar-refractivity contribution in [2.75, 3.05) is 25.0 Å². The van der Waals surface area contributed by atoms with E-state index in [1.54, 1.807) is 11.3 Å². The minimum Gasteiger partial charge on any atom is -0.375 e. The summed E-state index contributed by atoms with van der Waals surface area (Å²) in [4.78, 5) is 2.57. The maximum Gasteiger partial charge on any atom is 0.206 e. The van der Waals surface area contributed by atoms with Crippen molar-refractivity contribution in [3.05, 3.63) is 30.3 Å². The minimum absolute atomic E-state index is 0.367. The standard InChI is InChI=1S/C18H24N4OS/c1-12(2)16-10-22-9-14(8-15(22)11-23-16)19-18-21-20-17(24-18)13-6-4-3-5-7-13/h3-7,12,14-16H,8-11H2,1-2H3,(H,19,21)/t14-,15-,16-/m0/s1. The van der Waals surface area contributed by atoms with Gasteiger partial charge in [-0.05, 0) is 12.3 Å². The topological polar surface area (TPSA) is 50.3 Å². The third kappa shape index (κ3) is 3.31. The van der Waals surface area contributed by atoms with E-state index in [4.69, 9.17) is 4.74 Å². The van der Waals surface area contributed by atoms with Gasteiger partial charge in [-0.1, -0.05) is 55.5 Å². The van der Waals surface area contributed by atoms with Gasteiger partial charge in [-0.3, -0.25) is 4.90 Å². The highest BCUT2D eigenvalue weighted by molar-refractivity contribution is 7.18. The van der Waals surface area contributed by atoms with Crippen LogP contribution in [0.5, 0.6) is 0 Å². The van der Waals surface area contributed by atoms with E-state index in [1.807, 2.05) is 18.2 Å². The first-order chi connectivity index (χ1) is 11.7. The number of rotatable bonds is 4. The van der Waals surface area contributed by atoms with Gasteiger partial charge in [-0.2, -0.15) is 0 Å². The highest BCUT2D eigenvalue weighted by Crippen LogP contribution is 2.30. The molecule has 1 aromatic carbocycles. The molecule has 0 unspecified atom stereocenters. The van der Waals surface area contributed by atoms with Gasteiger partial charge in [-0.25, -0.2) is 0 Å². The van der Waals surface area contributed by atoms with Crippen molar-refractivity contribution in [3.63, 3.8) is 0 Å². The van der Waals surface area contributed by atoms with Gasteiger partial charge in [-0.15, -0.1) is 10.2 Å². The summed E-state index contributed by atoms with van der Waals surface area (Å²) in [7, 11) is 0. The van der Waals surface area contributed by atoms with Crippen LogP contribution >= 0.6 is 11.3 Å². The second-order valence-corrected chi connectivity index (χ2v) is 8.06. The van der Waals surface area contributed by atoms with Gasteiger partial charge in [0.2, 0.25) is 5.13 Å². The Balaban J connectivity index is 1.38. The summed E-state index contributed by atoms with van der Waals surface area (Å²) in [5, 5.41) is 14.1. The number of ether oxygens (including phenoxy) is 1. The molecule has 2 saturated heterocycles. The second kappa shape index (κ2) is 6.78. The molecular formula is C18H24N4OS. The van der Waals surface area contributed by atoms with Crippen molar-refractivity contribution < 1.29 is 4.74 Å². The number of anilines is 1. The fraction of sp³-hybridized carbons (Fsp3) is 0.556. The van der Waals surface area contributed by atoms with Crippen molar-refractivity contribution in [1.82, 2.24) is 15.1 Å². The molecule has 0 spiro atoms. The maximum absolute atomic E-state index is 6.02. The summed E-state index contributed by atoms with van der Waals surface area (Å²) in [6.45, 7) is 7.45. The molecule has 6 heteroatoms. The van der Waals surface area contributed by atoms with E-state index in [0.29, 0.717) is 24.1 Å². The molecule has 2 fully saturated rings. The van der Waals surface area contributed by atoms with Crippen LogP contribution in [0.3, 0.4) is 0 Å². The van der Waals surface area contributed by atoms with Crippen LogP contribution in [0.4, 0.5) is 5.13 Å². The van der Waals surface area contributed by atoms with E-state index in [9.17, 15) is 0 Å². The van der Waals surface area contributed by atoms with E-state index in [1.165, 1.54) is 0 Å². The normalized spacial score (nSPS) is 27.4. The van der Waals surface area contributed by atoms with Crippen LogP contribution in [-0.2, 0) is 4.74 Å². The average molecular weight is 344 g/mol. The smallest absolute Gasteiger partial charge is 0.206 e.